The van der Waals surface area contributed by atoms with Crippen molar-refractivity contribution in [3.8, 4) is 11.5 Å². The zero-order chi connectivity index (χ0) is 17.7. The molecule has 0 saturated carbocycles. The summed E-state index contributed by atoms with van der Waals surface area (Å²) in [5.74, 6) is 0.839. The van der Waals surface area contributed by atoms with Crippen LogP contribution in [0.2, 0.25) is 0 Å². The van der Waals surface area contributed by atoms with Gasteiger partial charge >= 0.3 is 0 Å². The molecule has 0 aliphatic carbocycles. The highest BCUT2D eigenvalue weighted by Gasteiger charge is 2.21. The summed E-state index contributed by atoms with van der Waals surface area (Å²) < 4.78 is 38.1. The fourth-order valence-corrected chi connectivity index (χ4v) is 3.65. The van der Waals surface area contributed by atoms with Crippen LogP contribution < -0.4 is 19.9 Å². The normalized spacial score (nSPS) is 12.7. The van der Waals surface area contributed by atoms with E-state index in [0.717, 1.165) is 5.56 Å². The van der Waals surface area contributed by atoms with Gasteiger partial charge in [-0.2, -0.15) is 0 Å². The molecule has 2 aromatic carbocycles. The second-order valence-corrected chi connectivity index (χ2v) is 7.08. The van der Waals surface area contributed by atoms with Crippen molar-refractivity contribution in [2.24, 2.45) is 5.73 Å². The third kappa shape index (κ3) is 4.05. The van der Waals surface area contributed by atoms with E-state index in [1.165, 1.54) is 20.3 Å². The standard InChI is InChI=1S/C17H22N2O4S/c1-12-9-15(22-2)16(23-3)10-17(12)24(20,21)19-11-14(18)13-7-5-4-6-8-13/h4-10,14,19H,11,18H2,1-3H3. The molecular weight excluding hydrogens is 328 g/mol. The Kier molecular flexibility index (Phi) is 5.82. The Morgan fingerprint density at radius 1 is 1.08 bits per heavy atom. The van der Waals surface area contributed by atoms with Gasteiger partial charge in [0.2, 0.25) is 10.0 Å². The summed E-state index contributed by atoms with van der Waals surface area (Å²) in [5, 5.41) is 0. The van der Waals surface area contributed by atoms with Crippen LogP contribution in [-0.2, 0) is 10.0 Å². The molecule has 2 aromatic rings. The van der Waals surface area contributed by atoms with Crippen LogP contribution in [0.25, 0.3) is 0 Å². The van der Waals surface area contributed by atoms with Crippen molar-refractivity contribution in [3.05, 3.63) is 53.6 Å². The van der Waals surface area contributed by atoms with Gasteiger partial charge < -0.3 is 15.2 Å². The Balaban J connectivity index is 2.21. The maximum atomic E-state index is 12.6. The molecule has 0 aromatic heterocycles. The van der Waals surface area contributed by atoms with Gasteiger partial charge in [0.1, 0.15) is 0 Å². The smallest absolute Gasteiger partial charge is 0.241 e. The van der Waals surface area contributed by atoms with Crippen LogP contribution in [0.4, 0.5) is 0 Å². The first kappa shape index (κ1) is 18.3. The first-order valence-corrected chi connectivity index (χ1v) is 8.90. The van der Waals surface area contributed by atoms with E-state index in [1.54, 1.807) is 13.0 Å². The van der Waals surface area contributed by atoms with Crippen LogP contribution in [-0.4, -0.2) is 29.2 Å². The van der Waals surface area contributed by atoms with Gasteiger partial charge in [0, 0.05) is 18.7 Å². The topological polar surface area (TPSA) is 90.7 Å². The minimum Gasteiger partial charge on any atom is -0.493 e. The van der Waals surface area contributed by atoms with Crippen molar-refractivity contribution in [1.29, 1.82) is 0 Å². The number of methoxy groups -OCH3 is 2. The van der Waals surface area contributed by atoms with Gasteiger partial charge in [-0.15, -0.1) is 0 Å². The Bertz CT molecular complexity index is 792. The summed E-state index contributed by atoms with van der Waals surface area (Å²) in [6.07, 6.45) is 0. The van der Waals surface area contributed by atoms with Crippen molar-refractivity contribution < 1.29 is 17.9 Å². The van der Waals surface area contributed by atoms with Crippen LogP contribution in [0, 0.1) is 6.92 Å². The molecule has 6 nitrogen and oxygen atoms in total. The Hall–Kier alpha value is -2.09. The SMILES string of the molecule is COc1cc(C)c(S(=O)(=O)NCC(N)c2ccccc2)cc1OC. The van der Waals surface area contributed by atoms with Gasteiger partial charge in [0.15, 0.2) is 11.5 Å². The maximum absolute atomic E-state index is 12.6. The summed E-state index contributed by atoms with van der Waals surface area (Å²) in [5.41, 5.74) is 7.48. The van der Waals surface area contributed by atoms with E-state index < -0.39 is 16.1 Å². The van der Waals surface area contributed by atoms with E-state index in [4.69, 9.17) is 15.2 Å². The van der Waals surface area contributed by atoms with Crippen LogP contribution in [0.3, 0.4) is 0 Å². The summed E-state index contributed by atoms with van der Waals surface area (Å²) in [6.45, 7) is 1.80. The molecule has 0 aliphatic heterocycles. The number of sulfonamides is 1. The minimum absolute atomic E-state index is 0.0974. The number of hydrogen-bond donors (Lipinski definition) is 2. The van der Waals surface area contributed by atoms with Gasteiger partial charge in [0.25, 0.3) is 0 Å². The lowest BCUT2D eigenvalue weighted by molar-refractivity contribution is 0.353. The lowest BCUT2D eigenvalue weighted by Gasteiger charge is -2.16. The summed E-state index contributed by atoms with van der Waals surface area (Å²) >= 11 is 0. The highest BCUT2D eigenvalue weighted by molar-refractivity contribution is 7.89. The van der Waals surface area contributed by atoms with Crippen LogP contribution in [0.1, 0.15) is 17.2 Å². The van der Waals surface area contributed by atoms with Gasteiger partial charge in [0.05, 0.1) is 19.1 Å². The highest BCUT2D eigenvalue weighted by atomic mass is 32.2. The Morgan fingerprint density at radius 2 is 1.67 bits per heavy atom. The van der Waals surface area contributed by atoms with Crippen LogP contribution in [0.15, 0.2) is 47.4 Å². The van der Waals surface area contributed by atoms with E-state index in [9.17, 15) is 8.42 Å². The monoisotopic (exact) mass is 350 g/mol. The zero-order valence-electron chi connectivity index (χ0n) is 13.9. The summed E-state index contributed by atoms with van der Waals surface area (Å²) in [6, 6.07) is 12.0. The number of nitrogens with two attached hydrogens (primary N) is 1. The average Bonchev–Trinajstić information content (AvgIpc) is 2.59. The van der Waals surface area contributed by atoms with E-state index in [-0.39, 0.29) is 11.4 Å². The van der Waals surface area contributed by atoms with Gasteiger partial charge in [-0.1, -0.05) is 30.3 Å². The first-order chi connectivity index (χ1) is 11.4. The molecule has 0 spiro atoms. The van der Waals surface area contributed by atoms with Gasteiger partial charge in [-0.05, 0) is 24.1 Å². The van der Waals surface area contributed by atoms with Crippen molar-refractivity contribution in [2.75, 3.05) is 20.8 Å². The summed E-state index contributed by atoms with van der Waals surface area (Å²) in [7, 11) is -0.754. The zero-order valence-corrected chi connectivity index (χ0v) is 14.8. The Labute approximate surface area is 142 Å². The molecule has 0 radical (unpaired) electrons. The van der Waals surface area contributed by atoms with Crippen molar-refractivity contribution >= 4 is 10.0 Å². The van der Waals surface area contributed by atoms with E-state index >= 15 is 0 Å². The molecule has 1 unspecified atom stereocenters. The molecule has 0 amide bonds. The third-order valence-electron chi connectivity index (χ3n) is 3.69. The van der Waals surface area contributed by atoms with Crippen molar-refractivity contribution in [2.45, 2.75) is 17.9 Å². The quantitative estimate of drug-likeness (QED) is 0.797. The molecule has 130 valence electrons. The molecule has 3 N–H and O–H groups in total. The minimum atomic E-state index is -3.72. The number of nitrogens with one attached hydrogen (secondary N) is 1. The van der Waals surface area contributed by atoms with Crippen molar-refractivity contribution in [1.82, 2.24) is 4.72 Å². The average molecular weight is 350 g/mol. The number of hydrogen-bond acceptors (Lipinski definition) is 5. The Morgan fingerprint density at radius 3 is 2.25 bits per heavy atom. The molecule has 0 bridgehead atoms. The molecule has 7 heteroatoms. The lowest BCUT2D eigenvalue weighted by Crippen LogP contribution is -2.32. The number of benzene rings is 2. The van der Waals surface area contributed by atoms with E-state index in [1.807, 2.05) is 30.3 Å². The fraction of sp³-hybridized carbons (Fsp3) is 0.294. The molecular formula is C17H22N2O4S. The van der Waals surface area contributed by atoms with Crippen LogP contribution in [0.5, 0.6) is 11.5 Å². The molecule has 0 aliphatic rings. The molecule has 24 heavy (non-hydrogen) atoms. The summed E-state index contributed by atoms with van der Waals surface area (Å²) in [4.78, 5) is 0.139. The lowest BCUT2D eigenvalue weighted by atomic mass is 10.1. The predicted molar refractivity (Wildman–Crippen MR) is 92.8 cm³/mol. The second-order valence-electron chi connectivity index (χ2n) is 5.34. The number of ether oxygens (including phenoxy) is 2. The predicted octanol–water partition coefficient (Wildman–Crippen LogP) is 1.99. The van der Waals surface area contributed by atoms with Crippen LogP contribution >= 0.6 is 0 Å². The highest BCUT2D eigenvalue weighted by Crippen LogP contribution is 2.32. The van der Waals surface area contributed by atoms with Gasteiger partial charge in [-0.3, -0.25) is 0 Å². The van der Waals surface area contributed by atoms with Gasteiger partial charge in [-0.25, -0.2) is 13.1 Å². The largest absolute Gasteiger partial charge is 0.493 e. The molecule has 2 rings (SSSR count). The fourth-order valence-electron chi connectivity index (χ4n) is 2.35. The van der Waals surface area contributed by atoms with E-state index in [2.05, 4.69) is 4.72 Å². The van der Waals surface area contributed by atoms with Crippen molar-refractivity contribution in [3.63, 3.8) is 0 Å². The second kappa shape index (κ2) is 7.65. The first-order valence-electron chi connectivity index (χ1n) is 7.42. The number of aryl methyl sites for hydroxylation is 1. The number of rotatable bonds is 7. The molecule has 0 saturated heterocycles. The maximum Gasteiger partial charge on any atom is 0.241 e. The molecule has 1 atom stereocenters. The molecule has 0 heterocycles. The van der Waals surface area contributed by atoms with E-state index in [0.29, 0.717) is 17.1 Å². The molecule has 0 fully saturated rings. The third-order valence-corrected chi connectivity index (χ3v) is 5.26.